The number of aryl methyl sites for hydroxylation is 1. The highest BCUT2D eigenvalue weighted by Gasteiger charge is 2.19. The van der Waals surface area contributed by atoms with Crippen molar-refractivity contribution in [2.75, 3.05) is 12.8 Å². The number of pyridine rings is 1. The zero-order chi connectivity index (χ0) is 15.5. The highest BCUT2D eigenvalue weighted by atomic mass is 32.2. The van der Waals surface area contributed by atoms with E-state index in [-0.39, 0.29) is 17.2 Å². The van der Waals surface area contributed by atoms with E-state index in [0.717, 1.165) is 11.1 Å². The van der Waals surface area contributed by atoms with Crippen molar-refractivity contribution in [3.05, 3.63) is 47.8 Å². The number of hydrogen-bond donors (Lipinski definition) is 2. The number of aromatic nitrogens is 1. The summed E-state index contributed by atoms with van der Waals surface area (Å²) in [5.41, 5.74) is 7.85. The normalized spacial score (nSPS) is 11.3. The maximum absolute atomic E-state index is 12.4. The molecule has 0 fully saturated rings. The van der Waals surface area contributed by atoms with E-state index in [0.29, 0.717) is 5.69 Å². The van der Waals surface area contributed by atoms with E-state index in [9.17, 15) is 8.42 Å². The molecular weight excluding hydrogens is 290 g/mol. The van der Waals surface area contributed by atoms with Crippen LogP contribution >= 0.6 is 0 Å². The number of methoxy groups -OCH3 is 1. The van der Waals surface area contributed by atoms with Crippen LogP contribution in [0.25, 0.3) is 0 Å². The number of benzene rings is 1. The van der Waals surface area contributed by atoms with Crippen LogP contribution < -0.4 is 15.2 Å². The smallest absolute Gasteiger partial charge is 0.244 e. The topological polar surface area (TPSA) is 94.3 Å². The van der Waals surface area contributed by atoms with Crippen LogP contribution in [0.2, 0.25) is 0 Å². The van der Waals surface area contributed by atoms with E-state index in [1.54, 1.807) is 18.5 Å². The molecule has 6 nitrogen and oxygen atoms in total. The molecule has 0 saturated carbocycles. The van der Waals surface area contributed by atoms with Crippen molar-refractivity contribution < 1.29 is 13.2 Å². The maximum atomic E-state index is 12.4. The molecule has 7 heteroatoms. The lowest BCUT2D eigenvalue weighted by Gasteiger charge is -2.12. The quantitative estimate of drug-likeness (QED) is 0.816. The monoisotopic (exact) mass is 307 g/mol. The number of rotatable bonds is 5. The standard InChI is InChI=1S/C14H17N3O3S/c1-10-8-16-6-5-11(10)9-17-21(18,19)14-4-3-12(15)7-13(14)20-2/h3-8,17H,9,15H2,1-2H3. The second-order valence-electron chi connectivity index (χ2n) is 4.54. The Hall–Kier alpha value is -2.12. The summed E-state index contributed by atoms with van der Waals surface area (Å²) in [6.07, 6.45) is 3.31. The fourth-order valence-electron chi connectivity index (χ4n) is 1.86. The van der Waals surface area contributed by atoms with E-state index >= 15 is 0 Å². The molecule has 1 aromatic heterocycles. The van der Waals surface area contributed by atoms with Gasteiger partial charge in [-0.3, -0.25) is 4.98 Å². The molecule has 0 unspecified atom stereocenters. The first kappa shape index (κ1) is 15.3. The number of nitrogens with zero attached hydrogens (tertiary/aromatic N) is 1. The summed E-state index contributed by atoms with van der Waals surface area (Å²) < 4.78 is 32.3. The largest absolute Gasteiger partial charge is 0.495 e. The zero-order valence-electron chi connectivity index (χ0n) is 11.8. The number of nitrogens with one attached hydrogen (secondary N) is 1. The van der Waals surface area contributed by atoms with Crippen molar-refractivity contribution in [1.82, 2.24) is 9.71 Å². The minimum Gasteiger partial charge on any atom is -0.495 e. The molecule has 0 radical (unpaired) electrons. The molecule has 1 heterocycles. The predicted octanol–water partition coefficient (Wildman–Crippen LogP) is 1.46. The molecule has 2 aromatic rings. The lowest BCUT2D eigenvalue weighted by atomic mass is 10.2. The predicted molar refractivity (Wildman–Crippen MR) is 80.4 cm³/mol. The van der Waals surface area contributed by atoms with E-state index in [4.69, 9.17) is 10.5 Å². The molecule has 0 aliphatic carbocycles. The number of hydrogen-bond acceptors (Lipinski definition) is 5. The number of anilines is 1. The van der Waals surface area contributed by atoms with Gasteiger partial charge in [0, 0.05) is 30.7 Å². The van der Waals surface area contributed by atoms with E-state index in [1.807, 2.05) is 6.92 Å². The Morgan fingerprint density at radius 3 is 2.76 bits per heavy atom. The summed E-state index contributed by atoms with van der Waals surface area (Å²) in [6.45, 7) is 2.06. The molecule has 112 valence electrons. The van der Waals surface area contributed by atoms with Crippen LogP contribution in [0.1, 0.15) is 11.1 Å². The first-order chi connectivity index (χ1) is 9.94. The summed E-state index contributed by atoms with van der Waals surface area (Å²) in [7, 11) is -2.28. The van der Waals surface area contributed by atoms with Crippen LogP contribution in [0.3, 0.4) is 0 Å². The maximum Gasteiger partial charge on any atom is 0.244 e. The molecular formula is C14H17N3O3S. The summed E-state index contributed by atoms with van der Waals surface area (Å²) in [5, 5.41) is 0. The molecule has 0 atom stereocenters. The Kier molecular flexibility index (Phi) is 4.44. The number of nitrogens with two attached hydrogens (primary N) is 1. The third-order valence-corrected chi connectivity index (χ3v) is 4.51. The third-order valence-electron chi connectivity index (χ3n) is 3.07. The van der Waals surface area contributed by atoms with E-state index in [1.165, 1.54) is 25.3 Å². The SMILES string of the molecule is COc1cc(N)ccc1S(=O)(=O)NCc1ccncc1C. The average Bonchev–Trinajstić information content (AvgIpc) is 2.46. The first-order valence-corrected chi connectivity index (χ1v) is 7.75. The third kappa shape index (κ3) is 3.50. The zero-order valence-corrected chi connectivity index (χ0v) is 12.6. The molecule has 0 aliphatic heterocycles. The van der Waals surface area contributed by atoms with Gasteiger partial charge in [0.2, 0.25) is 10.0 Å². The van der Waals surface area contributed by atoms with Gasteiger partial charge in [-0.1, -0.05) is 0 Å². The lowest BCUT2D eigenvalue weighted by Crippen LogP contribution is -2.24. The fourth-order valence-corrected chi connectivity index (χ4v) is 3.01. The molecule has 0 spiro atoms. The highest BCUT2D eigenvalue weighted by molar-refractivity contribution is 7.89. The van der Waals surface area contributed by atoms with Gasteiger partial charge in [-0.25, -0.2) is 13.1 Å². The highest BCUT2D eigenvalue weighted by Crippen LogP contribution is 2.26. The van der Waals surface area contributed by atoms with Crippen molar-refractivity contribution in [2.24, 2.45) is 0 Å². The van der Waals surface area contributed by atoms with Gasteiger partial charge >= 0.3 is 0 Å². The van der Waals surface area contributed by atoms with Crippen molar-refractivity contribution in [2.45, 2.75) is 18.4 Å². The summed E-state index contributed by atoms with van der Waals surface area (Å²) in [6, 6.07) is 6.20. The second-order valence-corrected chi connectivity index (χ2v) is 6.27. The summed E-state index contributed by atoms with van der Waals surface area (Å²) in [4.78, 5) is 4.03. The number of sulfonamides is 1. The molecule has 0 saturated heterocycles. The minimum absolute atomic E-state index is 0.0610. The molecule has 3 N–H and O–H groups in total. The van der Waals surface area contributed by atoms with E-state index in [2.05, 4.69) is 9.71 Å². The van der Waals surface area contributed by atoms with Crippen LogP contribution in [-0.4, -0.2) is 20.5 Å². The molecule has 2 rings (SSSR count). The molecule has 0 aliphatic rings. The Labute approximate surface area is 124 Å². The van der Waals surface area contributed by atoms with Crippen molar-refractivity contribution >= 4 is 15.7 Å². The van der Waals surface area contributed by atoms with Crippen LogP contribution in [0.5, 0.6) is 5.75 Å². The average molecular weight is 307 g/mol. The van der Waals surface area contributed by atoms with E-state index < -0.39 is 10.0 Å². The van der Waals surface area contributed by atoms with Gasteiger partial charge in [-0.15, -0.1) is 0 Å². The molecule has 1 aromatic carbocycles. The second kappa shape index (κ2) is 6.11. The minimum atomic E-state index is -3.69. The van der Waals surface area contributed by atoms with Gasteiger partial charge in [0.05, 0.1) is 7.11 Å². The first-order valence-electron chi connectivity index (χ1n) is 6.26. The van der Waals surface area contributed by atoms with Crippen LogP contribution in [-0.2, 0) is 16.6 Å². The molecule has 21 heavy (non-hydrogen) atoms. The van der Waals surface area contributed by atoms with Crippen molar-refractivity contribution in [3.63, 3.8) is 0 Å². The Morgan fingerprint density at radius 1 is 1.33 bits per heavy atom. The summed E-state index contributed by atoms with van der Waals surface area (Å²) in [5.74, 6) is 0.217. The van der Waals surface area contributed by atoms with Crippen LogP contribution in [0.15, 0.2) is 41.6 Å². The van der Waals surface area contributed by atoms with Gasteiger partial charge in [0.25, 0.3) is 0 Å². The van der Waals surface area contributed by atoms with Gasteiger partial charge < -0.3 is 10.5 Å². The Bertz CT molecular complexity index is 745. The molecule has 0 bridgehead atoms. The fraction of sp³-hybridized carbons (Fsp3) is 0.214. The van der Waals surface area contributed by atoms with Crippen molar-refractivity contribution in [3.8, 4) is 5.75 Å². The Morgan fingerprint density at radius 2 is 2.10 bits per heavy atom. The molecule has 0 amide bonds. The van der Waals surface area contributed by atoms with Crippen LogP contribution in [0, 0.1) is 6.92 Å². The Balaban J connectivity index is 2.25. The van der Waals surface area contributed by atoms with Crippen molar-refractivity contribution in [1.29, 1.82) is 0 Å². The number of ether oxygens (including phenoxy) is 1. The van der Waals surface area contributed by atoms with Crippen LogP contribution in [0.4, 0.5) is 5.69 Å². The van der Waals surface area contributed by atoms with Gasteiger partial charge in [-0.2, -0.15) is 0 Å². The van der Waals surface area contributed by atoms with Gasteiger partial charge in [0.1, 0.15) is 10.6 Å². The van der Waals surface area contributed by atoms with Gasteiger partial charge in [0.15, 0.2) is 0 Å². The number of nitrogen functional groups attached to an aromatic ring is 1. The lowest BCUT2D eigenvalue weighted by molar-refractivity contribution is 0.402. The summed E-state index contributed by atoms with van der Waals surface area (Å²) >= 11 is 0. The van der Waals surface area contributed by atoms with Gasteiger partial charge in [-0.05, 0) is 36.2 Å².